The molecule has 0 spiro atoms. The molecule has 0 amide bonds. The van der Waals surface area contributed by atoms with E-state index in [0.29, 0.717) is 16.8 Å². The van der Waals surface area contributed by atoms with Crippen LogP contribution < -0.4 is 4.74 Å². The number of aliphatic hydroxyl groups is 1. The van der Waals surface area contributed by atoms with Crippen LogP contribution in [0.4, 0.5) is 4.39 Å². The van der Waals surface area contributed by atoms with Crippen molar-refractivity contribution in [1.29, 1.82) is 5.26 Å². The van der Waals surface area contributed by atoms with E-state index in [4.69, 9.17) is 9.47 Å². The fourth-order valence-electron chi connectivity index (χ4n) is 2.47. The SMILES string of the molecule is C[C@@H](OC(=O)COc1ccc(F)cc1)/C(O)=C(\C#N)c1nc2ccccc2[nH]1. The second-order valence-electron chi connectivity index (χ2n) is 5.85. The maximum Gasteiger partial charge on any atom is 0.344 e. The minimum atomic E-state index is -1.09. The van der Waals surface area contributed by atoms with Crippen molar-refractivity contribution in [2.45, 2.75) is 13.0 Å². The van der Waals surface area contributed by atoms with E-state index in [1.807, 2.05) is 12.1 Å². The number of H-pyrrole nitrogens is 1. The minimum Gasteiger partial charge on any atom is -0.507 e. The molecule has 0 fully saturated rings. The number of esters is 1. The highest BCUT2D eigenvalue weighted by Crippen LogP contribution is 2.21. The van der Waals surface area contributed by atoms with Crippen molar-refractivity contribution in [1.82, 2.24) is 9.97 Å². The van der Waals surface area contributed by atoms with Crippen molar-refractivity contribution < 1.29 is 23.8 Å². The summed E-state index contributed by atoms with van der Waals surface area (Å²) in [7, 11) is 0. The third-order valence-corrected chi connectivity index (χ3v) is 3.86. The molecule has 0 aliphatic rings. The Morgan fingerprint density at radius 1 is 1.29 bits per heavy atom. The van der Waals surface area contributed by atoms with Gasteiger partial charge >= 0.3 is 5.97 Å². The van der Waals surface area contributed by atoms with Gasteiger partial charge in [0.2, 0.25) is 0 Å². The van der Waals surface area contributed by atoms with Crippen LogP contribution in [0.1, 0.15) is 12.7 Å². The number of hydrogen-bond donors (Lipinski definition) is 2. The van der Waals surface area contributed by atoms with Crippen molar-refractivity contribution in [3.05, 3.63) is 65.9 Å². The van der Waals surface area contributed by atoms with Gasteiger partial charge in [-0.1, -0.05) is 12.1 Å². The van der Waals surface area contributed by atoms with Gasteiger partial charge in [-0.05, 0) is 43.3 Å². The monoisotopic (exact) mass is 381 g/mol. The Balaban J connectivity index is 1.68. The molecule has 0 aliphatic carbocycles. The molecule has 0 saturated heterocycles. The van der Waals surface area contributed by atoms with Crippen LogP contribution in [0.3, 0.4) is 0 Å². The summed E-state index contributed by atoms with van der Waals surface area (Å²) in [6.45, 7) is 0.987. The van der Waals surface area contributed by atoms with E-state index in [2.05, 4.69) is 9.97 Å². The topological polar surface area (TPSA) is 108 Å². The number of allylic oxidation sites excluding steroid dienone is 1. The van der Waals surface area contributed by atoms with E-state index in [1.165, 1.54) is 31.2 Å². The number of carbonyl (C=O) groups excluding carboxylic acids is 1. The summed E-state index contributed by atoms with van der Waals surface area (Å²) >= 11 is 0. The second-order valence-corrected chi connectivity index (χ2v) is 5.85. The third kappa shape index (κ3) is 4.27. The van der Waals surface area contributed by atoms with Crippen LogP contribution in [0.2, 0.25) is 0 Å². The predicted octanol–water partition coefficient (Wildman–Crippen LogP) is 3.51. The fourth-order valence-corrected chi connectivity index (χ4v) is 2.47. The number of rotatable bonds is 6. The third-order valence-electron chi connectivity index (χ3n) is 3.86. The normalized spacial score (nSPS) is 12.8. The number of nitrogens with one attached hydrogen (secondary N) is 1. The molecular formula is C20H16FN3O4. The number of imidazole rings is 1. The van der Waals surface area contributed by atoms with E-state index >= 15 is 0 Å². The average molecular weight is 381 g/mol. The molecule has 142 valence electrons. The van der Waals surface area contributed by atoms with Gasteiger partial charge in [-0.25, -0.2) is 14.2 Å². The number of nitriles is 1. The molecule has 8 heteroatoms. The van der Waals surface area contributed by atoms with Gasteiger partial charge < -0.3 is 19.6 Å². The van der Waals surface area contributed by atoms with Crippen LogP contribution >= 0.6 is 0 Å². The highest BCUT2D eigenvalue weighted by Gasteiger charge is 2.21. The summed E-state index contributed by atoms with van der Waals surface area (Å²) in [5, 5.41) is 19.8. The Morgan fingerprint density at radius 3 is 2.68 bits per heavy atom. The number of hydrogen-bond acceptors (Lipinski definition) is 6. The number of benzene rings is 2. The maximum absolute atomic E-state index is 12.8. The molecule has 2 N–H and O–H groups in total. The molecule has 7 nitrogen and oxygen atoms in total. The van der Waals surface area contributed by atoms with Gasteiger partial charge in [0.05, 0.1) is 11.0 Å². The zero-order valence-corrected chi connectivity index (χ0v) is 14.8. The molecular weight excluding hydrogens is 365 g/mol. The molecule has 1 atom stereocenters. The van der Waals surface area contributed by atoms with Crippen molar-refractivity contribution in [2.24, 2.45) is 0 Å². The van der Waals surface area contributed by atoms with Crippen molar-refractivity contribution in [3.8, 4) is 11.8 Å². The van der Waals surface area contributed by atoms with Gasteiger partial charge in [-0.2, -0.15) is 5.26 Å². The molecule has 1 heterocycles. The van der Waals surface area contributed by atoms with E-state index in [0.717, 1.165) is 0 Å². The lowest BCUT2D eigenvalue weighted by Gasteiger charge is -2.14. The number of halogens is 1. The molecule has 3 aromatic rings. The average Bonchev–Trinajstić information content (AvgIpc) is 3.11. The highest BCUT2D eigenvalue weighted by atomic mass is 19.1. The number of ether oxygens (including phenoxy) is 2. The van der Waals surface area contributed by atoms with Crippen LogP contribution in [0.15, 0.2) is 54.3 Å². The molecule has 0 radical (unpaired) electrons. The Hall–Kier alpha value is -3.86. The van der Waals surface area contributed by atoms with Crippen LogP contribution in [-0.2, 0) is 9.53 Å². The Labute approximate surface area is 159 Å². The Kier molecular flexibility index (Phi) is 5.56. The van der Waals surface area contributed by atoms with Gasteiger partial charge in [0.25, 0.3) is 0 Å². The molecule has 0 aliphatic heterocycles. The standard InChI is InChI=1S/C20H16FN3O4/c1-12(28-18(25)11-27-14-8-6-13(21)7-9-14)19(26)15(10-22)20-23-16-4-2-3-5-17(16)24-20/h2-9,12,26H,11H2,1H3,(H,23,24)/b19-15-/t12-/m1/s1. The van der Waals surface area contributed by atoms with Crippen molar-refractivity contribution in [3.63, 3.8) is 0 Å². The zero-order valence-electron chi connectivity index (χ0n) is 14.8. The first-order valence-electron chi connectivity index (χ1n) is 8.34. The quantitative estimate of drug-likeness (QED) is 0.384. The molecule has 1 aromatic heterocycles. The number of para-hydroxylation sites is 2. The number of aromatic nitrogens is 2. The van der Waals surface area contributed by atoms with Crippen molar-refractivity contribution >= 4 is 22.6 Å². The van der Waals surface area contributed by atoms with Gasteiger partial charge in [-0.3, -0.25) is 0 Å². The molecule has 3 rings (SSSR count). The summed E-state index contributed by atoms with van der Waals surface area (Å²) in [6, 6.07) is 14.2. The van der Waals surface area contributed by atoms with Gasteiger partial charge in [-0.15, -0.1) is 0 Å². The first-order valence-corrected chi connectivity index (χ1v) is 8.34. The van der Waals surface area contributed by atoms with E-state index in [9.17, 15) is 19.6 Å². The lowest BCUT2D eigenvalue weighted by molar-refractivity contribution is -0.150. The lowest BCUT2D eigenvalue weighted by atomic mass is 10.2. The van der Waals surface area contributed by atoms with Crippen LogP contribution in [-0.4, -0.2) is 33.8 Å². The summed E-state index contributed by atoms with van der Waals surface area (Å²) in [5.74, 6) is -1.15. The number of aliphatic hydroxyl groups excluding tert-OH is 1. The summed E-state index contributed by atoms with van der Waals surface area (Å²) in [4.78, 5) is 19.1. The summed E-state index contributed by atoms with van der Waals surface area (Å²) in [6.07, 6.45) is -1.09. The Morgan fingerprint density at radius 2 is 2.00 bits per heavy atom. The van der Waals surface area contributed by atoms with E-state index in [1.54, 1.807) is 18.2 Å². The number of fused-ring (bicyclic) bond motifs is 1. The van der Waals surface area contributed by atoms with E-state index in [-0.39, 0.29) is 11.4 Å². The van der Waals surface area contributed by atoms with Crippen molar-refractivity contribution in [2.75, 3.05) is 6.61 Å². The first-order chi connectivity index (χ1) is 13.5. The summed E-state index contributed by atoms with van der Waals surface area (Å²) in [5.41, 5.74) is 1.21. The minimum absolute atomic E-state index is 0.129. The first kappa shape index (κ1) is 18.9. The van der Waals surface area contributed by atoms with Gasteiger partial charge in [0.1, 0.15) is 23.2 Å². The maximum atomic E-state index is 12.8. The fraction of sp³-hybridized carbons (Fsp3) is 0.150. The van der Waals surface area contributed by atoms with Crippen LogP contribution in [0, 0.1) is 17.1 Å². The highest BCUT2D eigenvalue weighted by molar-refractivity contribution is 5.83. The van der Waals surface area contributed by atoms with E-state index < -0.39 is 30.3 Å². The Bertz CT molecular complexity index is 1030. The largest absolute Gasteiger partial charge is 0.507 e. The molecule has 0 bridgehead atoms. The molecule has 0 unspecified atom stereocenters. The molecule has 28 heavy (non-hydrogen) atoms. The number of aromatic amines is 1. The number of nitrogens with zero attached hydrogens (tertiary/aromatic N) is 2. The van der Waals surface area contributed by atoms with Crippen LogP contribution in [0.5, 0.6) is 5.75 Å². The van der Waals surface area contributed by atoms with Gasteiger partial charge in [0, 0.05) is 0 Å². The lowest BCUT2D eigenvalue weighted by Crippen LogP contribution is -2.23. The van der Waals surface area contributed by atoms with Gasteiger partial charge in [0.15, 0.2) is 24.3 Å². The zero-order chi connectivity index (χ0) is 20.1. The van der Waals surface area contributed by atoms with Crippen LogP contribution in [0.25, 0.3) is 16.6 Å². The molecule has 0 saturated carbocycles. The smallest absolute Gasteiger partial charge is 0.344 e. The summed E-state index contributed by atoms with van der Waals surface area (Å²) < 4.78 is 23.1. The predicted molar refractivity (Wildman–Crippen MR) is 98.7 cm³/mol. The molecule has 2 aromatic carbocycles. The second kappa shape index (κ2) is 8.22. The number of carbonyl (C=O) groups is 1.